The molecule has 0 heterocycles. The van der Waals surface area contributed by atoms with Crippen molar-refractivity contribution in [2.45, 2.75) is 41.0 Å². The number of carboxylic acids is 1. The van der Waals surface area contributed by atoms with Crippen LogP contribution in [0.4, 0.5) is 5.69 Å². The van der Waals surface area contributed by atoms with E-state index in [1.165, 1.54) is 0 Å². The number of carboxylic acid groups (broad SMARTS) is 1. The van der Waals surface area contributed by atoms with Gasteiger partial charge in [-0.1, -0.05) is 26.0 Å². The summed E-state index contributed by atoms with van der Waals surface area (Å²) < 4.78 is 0. The zero-order valence-corrected chi connectivity index (χ0v) is 12.8. The highest BCUT2D eigenvalue weighted by molar-refractivity contribution is 5.94. The fraction of sp³-hybridized carbons (Fsp3) is 0.500. The third-order valence-electron chi connectivity index (χ3n) is 3.96. The first-order chi connectivity index (χ1) is 9.16. The lowest BCUT2D eigenvalue weighted by Gasteiger charge is -2.28. The number of carbonyl (C=O) groups is 2. The van der Waals surface area contributed by atoms with Crippen molar-refractivity contribution < 1.29 is 14.7 Å². The molecule has 1 amide bonds. The van der Waals surface area contributed by atoms with E-state index < -0.39 is 11.4 Å². The quantitative estimate of drug-likeness (QED) is 0.867. The normalized spacial score (nSPS) is 13.9. The van der Waals surface area contributed by atoms with E-state index in [1.54, 1.807) is 6.92 Å². The van der Waals surface area contributed by atoms with Gasteiger partial charge in [0.15, 0.2) is 0 Å². The maximum absolute atomic E-state index is 12.1. The van der Waals surface area contributed by atoms with E-state index in [0.29, 0.717) is 0 Å². The molecule has 0 aliphatic rings. The highest BCUT2D eigenvalue weighted by Gasteiger charge is 2.38. The Kier molecular flexibility index (Phi) is 4.93. The third kappa shape index (κ3) is 3.59. The fourth-order valence-corrected chi connectivity index (χ4v) is 1.93. The molecular weight excluding hydrogens is 254 g/mol. The predicted molar refractivity (Wildman–Crippen MR) is 79.7 cm³/mol. The Labute approximate surface area is 120 Å². The van der Waals surface area contributed by atoms with Gasteiger partial charge in [-0.15, -0.1) is 0 Å². The van der Waals surface area contributed by atoms with Crippen molar-refractivity contribution in [3.05, 3.63) is 29.3 Å². The van der Waals surface area contributed by atoms with Gasteiger partial charge in [-0.3, -0.25) is 9.59 Å². The Balaban J connectivity index is 2.87. The van der Waals surface area contributed by atoms with Crippen LogP contribution in [0, 0.1) is 25.2 Å². The summed E-state index contributed by atoms with van der Waals surface area (Å²) in [5.41, 5.74) is 1.70. The van der Waals surface area contributed by atoms with E-state index in [4.69, 9.17) is 0 Å². The lowest BCUT2D eigenvalue weighted by atomic mass is 9.76. The maximum Gasteiger partial charge on any atom is 0.310 e. The molecule has 0 saturated heterocycles. The summed E-state index contributed by atoms with van der Waals surface area (Å²) in [5, 5.41) is 12.2. The molecule has 0 fully saturated rings. The van der Waals surface area contributed by atoms with Gasteiger partial charge in [-0.2, -0.15) is 0 Å². The molecule has 1 aromatic rings. The molecule has 20 heavy (non-hydrogen) atoms. The summed E-state index contributed by atoms with van der Waals surface area (Å²) in [6.45, 7) is 9.11. The molecule has 0 saturated carbocycles. The van der Waals surface area contributed by atoms with Crippen molar-refractivity contribution in [3.63, 3.8) is 0 Å². The second-order valence-corrected chi connectivity index (χ2v) is 5.92. The molecule has 1 atom stereocenters. The SMILES string of the molecule is Cc1ccc(C)c(NC(=O)CC(C)(C(=O)O)C(C)C)c1. The van der Waals surface area contributed by atoms with Crippen LogP contribution in [0.1, 0.15) is 38.3 Å². The summed E-state index contributed by atoms with van der Waals surface area (Å²) in [7, 11) is 0. The number of hydrogen-bond donors (Lipinski definition) is 2. The Bertz CT molecular complexity index is 522. The van der Waals surface area contributed by atoms with Crippen LogP contribution in [0.5, 0.6) is 0 Å². The van der Waals surface area contributed by atoms with Gasteiger partial charge in [0.25, 0.3) is 0 Å². The van der Waals surface area contributed by atoms with Gasteiger partial charge in [-0.05, 0) is 43.9 Å². The zero-order valence-electron chi connectivity index (χ0n) is 12.8. The van der Waals surface area contributed by atoms with Crippen LogP contribution < -0.4 is 5.32 Å². The first kappa shape index (κ1) is 16.2. The van der Waals surface area contributed by atoms with Crippen LogP contribution >= 0.6 is 0 Å². The van der Waals surface area contributed by atoms with Crippen molar-refractivity contribution in [3.8, 4) is 0 Å². The van der Waals surface area contributed by atoms with Crippen LogP contribution in [0.3, 0.4) is 0 Å². The lowest BCUT2D eigenvalue weighted by Crippen LogP contribution is -2.37. The van der Waals surface area contributed by atoms with Crippen molar-refractivity contribution in [2.75, 3.05) is 5.32 Å². The molecule has 0 bridgehead atoms. The van der Waals surface area contributed by atoms with Gasteiger partial charge >= 0.3 is 5.97 Å². The smallest absolute Gasteiger partial charge is 0.310 e. The standard InChI is InChI=1S/C16H23NO3/c1-10(2)16(5,15(19)20)9-14(18)17-13-8-11(3)6-7-12(13)4/h6-8,10H,9H2,1-5H3,(H,17,18)(H,19,20). The molecule has 4 nitrogen and oxygen atoms in total. The van der Waals surface area contributed by atoms with Crippen LogP contribution in [-0.4, -0.2) is 17.0 Å². The number of rotatable bonds is 5. The van der Waals surface area contributed by atoms with Crippen molar-refractivity contribution in [1.29, 1.82) is 0 Å². The average molecular weight is 277 g/mol. The molecule has 0 radical (unpaired) electrons. The molecule has 1 aromatic carbocycles. The van der Waals surface area contributed by atoms with Crippen LogP contribution in [0.2, 0.25) is 0 Å². The highest BCUT2D eigenvalue weighted by Crippen LogP contribution is 2.32. The monoisotopic (exact) mass is 277 g/mol. The topological polar surface area (TPSA) is 66.4 Å². The van der Waals surface area contributed by atoms with Gasteiger partial charge in [0.05, 0.1) is 5.41 Å². The molecule has 0 aliphatic carbocycles. The molecule has 0 aromatic heterocycles. The van der Waals surface area contributed by atoms with E-state index in [9.17, 15) is 14.7 Å². The van der Waals surface area contributed by atoms with E-state index in [2.05, 4.69) is 5.32 Å². The van der Waals surface area contributed by atoms with Gasteiger partial charge < -0.3 is 10.4 Å². The lowest BCUT2D eigenvalue weighted by molar-refractivity contribution is -0.153. The molecule has 1 unspecified atom stereocenters. The molecule has 110 valence electrons. The molecule has 0 aliphatic heterocycles. The molecule has 4 heteroatoms. The first-order valence-corrected chi connectivity index (χ1v) is 6.77. The van der Waals surface area contributed by atoms with E-state index in [1.807, 2.05) is 45.9 Å². The Morgan fingerprint density at radius 2 is 1.90 bits per heavy atom. The minimum atomic E-state index is -1.05. The van der Waals surface area contributed by atoms with Crippen LogP contribution in [-0.2, 0) is 9.59 Å². The van der Waals surface area contributed by atoms with Crippen molar-refractivity contribution in [1.82, 2.24) is 0 Å². The number of amides is 1. The van der Waals surface area contributed by atoms with Crippen LogP contribution in [0.25, 0.3) is 0 Å². The Morgan fingerprint density at radius 3 is 2.40 bits per heavy atom. The number of aliphatic carboxylic acids is 1. The first-order valence-electron chi connectivity index (χ1n) is 6.77. The Morgan fingerprint density at radius 1 is 1.30 bits per heavy atom. The summed E-state index contributed by atoms with van der Waals surface area (Å²) in [6, 6.07) is 5.80. The average Bonchev–Trinajstić information content (AvgIpc) is 2.33. The predicted octanol–water partition coefficient (Wildman–Crippen LogP) is 3.38. The second-order valence-electron chi connectivity index (χ2n) is 5.92. The molecule has 2 N–H and O–H groups in total. The molecular formula is C16H23NO3. The van der Waals surface area contributed by atoms with Gasteiger partial charge in [0.2, 0.25) is 5.91 Å². The maximum atomic E-state index is 12.1. The summed E-state index contributed by atoms with van der Waals surface area (Å²) in [6.07, 6.45) is -0.0343. The van der Waals surface area contributed by atoms with Crippen LogP contribution in [0.15, 0.2) is 18.2 Å². The van der Waals surface area contributed by atoms with E-state index >= 15 is 0 Å². The van der Waals surface area contributed by atoms with Crippen molar-refractivity contribution >= 4 is 17.6 Å². The number of aryl methyl sites for hydroxylation is 2. The summed E-state index contributed by atoms with van der Waals surface area (Å²) in [4.78, 5) is 23.5. The van der Waals surface area contributed by atoms with Crippen molar-refractivity contribution in [2.24, 2.45) is 11.3 Å². The second kappa shape index (κ2) is 6.07. The minimum Gasteiger partial charge on any atom is -0.481 e. The van der Waals surface area contributed by atoms with E-state index in [0.717, 1.165) is 16.8 Å². The molecule has 1 rings (SSSR count). The summed E-state index contributed by atoms with van der Waals surface area (Å²) in [5.74, 6) is -1.33. The highest BCUT2D eigenvalue weighted by atomic mass is 16.4. The fourth-order valence-electron chi connectivity index (χ4n) is 1.93. The number of anilines is 1. The van der Waals surface area contributed by atoms with Gasteiger partial charge in [0, 0.05) is 12.1 Å². The minimum absolute atomic E-state index is 0.0343. The molecule has 0 spiro atoms. The number of carbonyl (C=O) groups excluding carboxylic acids is 1. The largest absolute Gasteiger partial charge is 0.481 e. The van der Waals surface area contributed by atoms with Gasteiger partial charge in [0.1, 0.15) is 0 Å². The van der Waals surface area contributed by atoms with Gasteiger partial charge in [-0.25, -0.2) is 0 Å². The number of benzene rings is 1. The Hall–Kier alpha value is -1.84. The zero-order chi connectivity index (χ0) is 15.5. The third-order valence-corrected chi connectivity index (χ3v) is 3.96. The number of nitrogens with one attached hydrogen (secondary N) is 1. The van der Waals surface area contributed by atoms with E-state index in [-0.39, 0.29) is 18.2 Å². The summed E-state index contributed by atoms with van der Waals surface area (Å²) >= 11 is 0. The number of hydrogen-bond acceptors (Lipinski definition) is 2.